The number of aromatic nitrogens is 2. The van der Waals surface area contributed by atoms with Gasteiger partial charge in [-0.2, -0.15) is 10.2 Å². The average molecular weight is 321 g/mol. The number of ether oxygens (including phenoxy) is 1. The molecule has 0 spiro atoms. The molecular weight excluding hydrogens is 316 g/mol. The Bertz CT molecular complexity index is 684. The second-order valence-corrected chi connectivity index (χ2v) is 4.26. The van der Waals surface area contributed by atoms with Crippen molar-refractivity contribution in [2.75, 3.05) is 0 Å². The first-order chi connectivity index (χ1) is 9.08. The van der Waals surface area contributed by atoms with E-state index in [9.17, 15) is 10.1 Å². The normalized spacial score (nSPS) is 9.68. The molecule has 0 fully saturated rings. The van der Waals surface area contributed by atoms with Gasteiger partial charge in [0.1, 0.15) is 17.5 Å². The smallest absolute Gasteiger partial charge is 0.323 e. The Kier molecular flexibility index (Phi) is 3.68. The molecule has 1 aromatic carbocycles. The largest absolute Gasteiger partial charge is 0.424 e. The predicted molar refractivity (Wildman–Crippen MR) is 67.6 cm³/mol. The van der Waals surface area contributed by atoms with E-state index in [4.69, 9.17) is 10.00 Å². The van der Waals surface area contributed by atoms with Gasteiger partial charge in [-0.05, 0) is 12.1 Å². The number of hydrogen-bond donors (Lipinski definition) is 0. The molecule has 0 aliphatic rings. The minimum atomic E-state index is -0.538. The van der Waals surface area contributed by atoms with Crippen LogP contribution in [0.25, 0.3) is 0 Å². The third-order valence-electron chi connectivity index (χ3n) is 2.02. The molecular formula is C11H5BrN4O3. The van der Waals surface area contributed by atoms with Crippen LogP contribution in [0.15, 0.2) is 34.9 Å². The summed E-state index contributed by atoms with van der Waals surface area (Å²) in [5, 5.41) is 19.4. The van der Waals surface area contributed by atoms with Gasteiger partial charge >= 0.3 is 6.01 Å². The summed E-state index contributed by atoms with van der Waals surface area (Å²) in [6.45, 7) is 0. The zero-order chi connectivity index (χ0) is 13.8. The lowest BCUT2D eigenvalue weighted by molar-refractivity contribution is -0.385. The molecule has 2 aromatic rings. The zero-order valence-corrected chi connectivity index (χ0v) is 10.9. The second-order valence-electron chi connectivity index (χ2n) is 3.34. The van der Waals surface area contributed by atoms with Gasteiger partial charge in [0.05, 0.1) is 11.0 Å². The summed E-state index contributed by atoms with van der Waals surface area (Å²) in [5.41, 5.74) is 0.0234. The zero-order valence-electron chi connectivity index (χ0n) is 9.28. The topological polar surface area (TPSA) is 102 Å². The van der Waals surface area contributed by atoms with E-state index >= 15 is 0 Å². The predicted octanol–water partition coefficient (Wildman–Crippen LogP) is 2.81. The molecule has 0 aliphatic carbocycles. The fourth-order valence-corrected chi connectivity index (χ4v) is 1.73. The summed E-state index contributed by atoms with van der Waals surface area (Å²) in [4.78, 5) is 17.8. The van der Waals surface area contributed by atoms with Gasteiger partial charge in [0.2, 0.25) is 0 Å². The fourth-order valence-electron chi connectivity index (χ4n) is 1.27. The van der Waals surface area contributed by atoms with E-state index in [0.717, 1.165) is 0 Å². The van der Waals surface area contributed by atoms with Crippen LogP contribution in [0.5, 0.6) is 11.8 Å². The van der Waals surface area contributed by atoms with Crippen molar-refractivity contribution in [2.45, 2.75) is 0 Å². The molecule has 94 valence electrons. The van der Waals surface area contributed by atoms with Crippen LogP contribution in [-0.4, -0.2) is 14.9 Å². The van der Waals surface area contributed by atoms with Crippen LogP contribution in [0, 0.1) is 21.4 Å². The number of hydrogen-bond acceptors (Lipinski definition) is 6. The summed E-state index contributed by atoms with van der Waals surface area (Å²) >= 11 is 3.15. The molecule has 0 aliphatic heterocycles. The molecule has 7 nitrogen and oxygen atoms in total. The highest BCUT2D eigenvalue weighted by Crippen LogP contribution is 2.28. The average Bonchev–Trinajstić information content (AvgIpc) is 2.38. The van der Waals surface area contributed by atoms with Crippen molar-refractivity contribution in [3.05, 3.63) is 50.7 Å². The highest BCUT2D eigenvalue weighted by molar-refractivity contribution is 9.10. The maximum atomic E-state index is 10.7. The number of halogens is 1. The van der Waals surface area contributed by atoms with E-state index < -0.39 is 4.92 Å². The molecule has 0 saturated heterocycles. The third kappa shape index (κ3) is 3.23. The van der Waals surface area contributed by atoms with Crippen molar-refractivity contribution in [3.63, 3.8) is 0 Å². The van der Waals surface area contributed by atoms with Crippen molar-refractivity contribution < 1.29 is 9.66 Å². The van der Waals surface area contributed by atoms with Crippen molar-refractivity contribution in [3.8, 4) is 17.8 Å². The Balaban J connectivity index is 2.33. The molecule has 0 bridgehead atoms. The van der Waals surface area contributed by atoms with Crippen molar-refractivity contribution in [1.29, 1.82) is 5.26 Å². The maximum Gasteiger partial charge on any atom is 0.323 e. The molecule has 0 amide bonds. The van der Waals surface area contributed by atoms with Crippen molar-refractivity contribution in [2.24, 2.45) is 0 Å². The Hall–Kier alpha value is -2.53. The lowest BCUT2D eigenvalue weighted by Crippen LogP contribution is -1.95. The van der Waals surface area contributed by atoms with Crippen LogP contribution in [0.4, 0.5) is 5.69 Å². The Morgan fingerprint density at radius 2 is 2.21 bits per heavy atom. The number of benzene rings is 1. The molecule has 8 heteroatoms. The summed E-state index contributed by atoms with van der Waals surface area (Å²) in [7, 11) is 0. The minimum Gasteiger partial charge on any atom is -0.424 e. The van der Waals surface area contributed by atoms with Crippen LogP contribution >= 0.6 is 15.9 Å². The fraction of sp³-hybridized carbons (Fsp3) is 0. The van der Waals surface area contributed by atoms with E-state index in [0.29, 0.717) is 4.47 Å². The van der Waals surface area contributed by atoms with Gasteiger partial charge in [-0.25, -0.2) is 4.98 Å². The molecule has 0 N–H and O–H groups in total. The first-order valence-electron chi connectivity index (χ1n) is 4.94. The van der Waals surface area contributed by atoms with E-state index in [1.54, 1.807) is 0 Å². The van der Waals surface area contributed by atoms with Gasteiger partial charge in [-0.15, -0.1) is 0 Å². The van der Waals surface area contributed by atoms with Crippen LogP contribution in [0.1, 0.15) is 5.69 Å². The number of nitro groups is 1. The Morgan fingerprint density at radius 1 is 1.42 bits per heavy atom. The minimum absolute atomic E-state index is 0.0496. The lowest BCUT2D eigenvalue weighted by Gasteiger charge is -2.04. The molecule has 0 atom stereocenters. The van der Waals surface area contributed by atoms with E-state index in [1.165, 1.54) is 30.5 Å². The summed E-state index contributed by atoms with van der Waals surface area (Å²) in [5.74, 6) is 0.205. The van der Waals surface area contributed by atoms with Gasteiger partial charge in [-0.3, -0.25) is 10.1 Å². The molecule has 0 unspecified atom stereocenters. The number of rotatable bonds is 3. The van der Waals surface area contributed by atoms with Gasteiger partial charge < -0.3 is 4.74 Å². The van der Waals surface area contributed by atoms with Crippen LogP contribution < -0.4 is 4.74 Å². The standard InChI is InChI=1S/C11H5BrN4O3/c12-7-3-9(16(17)18)5-10(4-7)19-11-14-2-1-8(6-13)15-11/h1-5H. The highest BCUT2D eigenvalue weighted by Gasteiger charge is 2.11. The van der Waals surface area contributed by atoms with E-state index in [2.05, 4.69) is 25.9 Å². The van der Waals surface area contributed by atoms with Crippen molar-refractivity contribution in [1.82, 2.24) is 9.97 Å². The highest BCUT2D eigenvalue weighted by atomic mass is 79.9. The third-order valence-corrected chi connectivity index (χ3v) is 2.48. The number of nitro benzene ring substituents is 1. The molecule has 1 aromatic heterocycles. The van der Waals surface area contributed by atoms with Gasteiger partial charge in [0, 0.05) is 16.7 Å². The Morgan fingerprint density at radius 3 is 2.89 bits per heavy atom. The monoisotopic (exact) mass is 320 g/mol. The van der Waals surface area contributed by atoms with E-state index in [-0.39, 0.29) is 23.1 Å². The first-order valence-corrected chi connectivity index (χ1v) is 5.74. The van der Waals surface area contributed by atoms with Crippen LogP contribution in [0.2, 0.25) is 0 Å². The molecule has 19 heavy (non-hydrogen) atoms. The maximum absolute atomic E-state index is 10.7. The second kappa shape index (κ2) is 5.41. The molecule has 1 heterocycles. The lowest BCUT2D eigenvalue weighted by atomic mass is 10.3. The molecule has 0 saturated carbocycles. The SMILES string of the molecule is N#Cc1ccnc(Oc2cc(Br)cc([N+](=O)[O-])c2)n1. The van der Waals surface area contributed by atoms with Gasteiger partial charge in [-0.1, -0.05) is 15.9 Å². The Labute approximate surface area is 115 Å². The summed E-state index contributed by atoms with van der Waals surface area (Å²) in [6, 6.07) is 7.35. The van der Waals surface area contributed by atoms with Gasteiger partial charge in [0.25, 0.3) is 5.69 Å². The summed E-state index contributed by atoms with van der Waals surface area (Å²) < 4.78 is 5.78. The van der Waals surface area contributed by atoms with E-state index in [1.807, 2.05) is 6.07 Å². The van der Waals surface area contributed by atoms with Gasteiger partial charge in [0.15, 0.2) is 0 Å². The van der Waals surface area contributed by atoms with Crippen LogP contribution in [-0.2, 0) is 0 Å². The molecule has 0 radical (unpaired) electrons. The quantitative estimate of drug-likeness (QED) is 0.636. The first kappa shape index (κ1) is 12.9. The molecule has 2 rings (SSSR count). The summed E-state index contributed by atoms with van der Waals surface area (Å²) in [6.07, 6.45) is 1.37. The van der Waals surface area contributed by atoms with Crippen LogP contribution in [0.3, 0.4) is 0 Å². The number of nitriles is 1. The number of nitrogens with zero attached hydrogens (tertiary/aromatic N) is 4. The van der Waals surface area contributed by atoms with Crippen molar-refractivity contribution >= 4 is 21.6 Å². The number of non-ortho nitro benzene ring substituents is 1.